The van der Waals surface area contributed by atoms with E-state index >= 15 is 0 Å². The lowest BCUT2D eigenvalue weighted by molar-refractivity contribution is 0.0938. The van der Waals surface area contributed by atoms with Crippen molar-refractivity contribution in [1.82, 2.24) is 5.32 Å². The van der Waals surface area contributed by atoms with Crippen LogP contribution in [0.25, 0.3) is 10.8 Å². The maximum absolute atomic E-state index is 12.8. The zero-order valence-electron chi connectivity index (χ0n) is 14.6. The highest BCUT2D eigenvalue weighted by atomic mass is 32.1. The number of thiophene rings is 1. The standard InChI is InChI=1S/C19H16N2O5S/c1-25-15-10-12-6-4-3-5-11(12)9-14(15)17(23)20-18-13(7-8-27-18)16(22)21-19(24)26-2/h3-10H,1-2H3,(H,20,23)(H,21,22,24). The monoisotopic (exact) mass is 384 g/mol. The molecule has 1 heterocycles. The van der Waals surface area contributed by atoms with E-state index in [1.165, 1.54) is 24.5 Å². The van der Waals surface area contributed by atoms with Crippen LogP contribution in [0.4, 0.5) is 9.80 Å². The van der Waals surface area contributed by atoms with Gasteiger partial charge in [0.05, 0.1) is 25.3 Å². The van der Waals surface area contributed by atoms with Gasteiger partial charge in [0.25, 0.3) is 11.8 Å². The molecule has 0 saturated carbocycles. The number of amides is 3. The summed E-state index contributed by atoms with van der Waals surface area (Å²) in [5.74, 6) is -0.667. The average Bonchev–Trinajstić information content (AvgIpc) is 3.14. The number of hydrogen-bond acceptors (Lipinski definition) is 6. The maximum atomic E-state index is 12.8. The number of nitrogens with one attached hydrogen (secondary N) is 2. The third kappa shape index (κ3) is 3.90. The van der Waals surface area contributed by atoms with E-state index in [0.717, 1.165) is 17.9 Å². The summed E-state index contributed by atoms with van der Waals surface area (Å²) in [5, 5.41) is 8.55. The van der Waals surface area contributed by atoms with Gasteiger partial charge in [0.1, 0.15) is 10.8 Å². The molecule has 27 heavy (non-hydrogen) atoms. The lowest BCUT2D eigenvalue weighted by atomic mass is 10.1. The van der Waals surface area contributed by atoms with Crippen LogP contribution >= 0.6 is 11.3 Å². The zero-order valence-corrected chi connectivity index (χ0v) is 15.4. The highest BCUT2D eigenvalue weighted by Crippen LogP contribution is 2.29. The minimum Gasteiger partial charge on any atom is -0.496 e. The molecule has 3 rings (SSSR count). The minimum absolute atomic E-state index is 0.165. The molecule has 1 aromatic heterocycles. The third-order valence-electron chi connectivity index (χ3n) is 3.85. The molecule has 2 aromatic carbocycles. The molecule has 0 aliphatic heterocycles. The fourth-order valence-corrected chi connectivity index (χ4v) is 3.31. The van der Waals surface area contributed by atoms with Crippen LogP contribution < -0.4 is 15.4 Å². The molecule has 3 aromatic rings. The first-order valence-corrected chi connectivity index (χ1v) is 8.76. The number of carbonyl (C=O) groups excluding carboxylic acids is 3. The van der Waals surface area contributed by atoms with Crippen LogP contribution in [0, 0.1) is 0 Å². The van der Waals surface area contributed by atoms with E-state index in [1.807, 2.05) is 24.3 Å². The smallest absolute Gasteiger partial charge is 0.413 e. The number of carbonyl (C=O) groups is 3. The second-order valence-corrected chi connectivity index (χ2v) is 6.38. The van der Waals surface area contributed by atoms with Gasteiger partial charge >= 0.3 is 6.09 Å². The fraction of sp³-hybridized carbons (Fsp3) is 0.105. The quantitative estimate of drug-likeness (QED) is 0.716. The van der Waals surface area contributed by atoms with Crippen molar-refractivity contribution in [1.29, 1.82) is 0 Å². The fourth-order valence-electron chi connectivity index (χ4n) is 2.53. The summed E-state index contributed by atoms with van der Waals surface area (Å²) >= 11 is 1.17. The Balaban J connectivity index is 1.88. The molecule has 2 N–H and O–H groups in total. The predicted octanol–water partition coefficient (Wildman–Crippen LogP) is 3.66. The Labute approximate surface area is 158 Å². The number of methoxy groups -OCH3 is 2. The van der Waals surface area contributed by atoms with E-state index in [1.54, 1.807) is 17.5 Å². The number of rotatable bonds is 4. The lowest BCUT2D eigenvalue weighted by Gasteiger charge is -2.11. The Hall–Kier alpha value is -3.39. The molecule has 8 heteroatoms. The second-order valence-electron chi connectivity index (χ2n) is 5.46. The summed E-state index contributed by atoms with van der Waals surface area (Å²) in [5.41, 5.74) is 0.502. The van der Waals surface area contributed by atoms with Crippen molar-refractivity contribution in [2.75, 3.05) is 19.5 Å². The van der Waals surface area contributed by atoms with Crippen molar-refractivity contribution in [3.63, 3.8) is 0 Å². The normalized spacial score (nSPS) is 10.3. The molecule has 0 bridgehead atoms. The molecule has 0 aliphatic carbocycles. The Bertz CT molecular complexity index is 1030. The van der Waals surface area contributed by atoms with Gasteiger partial charge in [0.15, 0.2) is 0 Å². The van der Waals surface area contributed by atoms with E-state index in [2.05, 4.69) is 15.4 Å². The number of hydrogen-bond donors (Lipinski definition) is 2. The maximum Gasteiger partial charge on any atom is 0.413 e. The second kappa shape index (κ2) is 7.88. The summed E-state index contributed by atoms with van der Waals surface area (Å²) < 4.78 is 9.75. The van der Waals surface area contributed by atoms with Crippen molar-refractivity contribution >= 4 is 45.0 Å². The van der Waals surface area contributed by atoms with Crippen LogP contribution in [0.1, 0.15) is 20.7 Å². The number of alkyl carbamates (subject to hydrolysis) is 1. The summed E-state index contributed by atoms with van der Waals surface area (Å²) in [6.45, 7) is 0. The highest BCUT2D eigenvalue weighted by molar-refractivity contribution is 7.14. The third-order valence-corrected chi connectivity index (χ3v) is 4.68. The Morgan fingerprint density at radius 2 is 1.63 bits per heavy atom. The van der Waals surface area contributed by atoms with E-state index in [9.17, 15) is 14.4 Å². The Morgan fingerprint density at radius 3 is 2.30 bits per heavy atom. The van der Waals surface area contributed by atoms with Gasteiger partial charge in [-0.15, -0.1) is 11.3 Å². The SMILES string of the molecule is COC(=O)NC(=O)c1ccsc1NC(=O)c1cc2ccccc2cc1OC. The van der Waals surface area contributed by atoms with E-state index in [-0.39, 0.29) is 5.56 Å². The van der Waals surface area contributed by atoms with Gasteiger partial charge in [-0.3, -0.25) is 14.9 Å². The minimum atomic E-state index is -0.875. The first-order valence-electron chi connectivity index (χ1n) is 7.88. The molecule has 0 aliphatic rings. The van der Waals surface area contributed by atoms with Gasteiger partial charge in [-0.05, 0) is 34.4 Å². The summed E-state index contributed by atoms with van der Waals surface area (Å²) in [6.07, 6.45) is -0.875. The first kappa shape index (κ1) is 18.4. The molecule has 0 spiro atoms. The van der Waals surface area contributed by atoms with Crippen LogP contribution in [-0.2, 0) is 4.74 Å². The van der Waals surface area contributed by atoms with Crippen LogP contribution in [0.15, 0.2) is 47.8 Å². The van der Waals surface area contributed by atoms with Crippen LogP contribution in [-0.4, -0.2) is 32.1 Å². The molecule has 0 unspecified atom stereocenters. The van der Waals surface area contributed by atoms with Crippen molar-refractivity contribution in [3.8, 4) is 5.75 Å². The van der Waals surface area contributed by atoms with Gasteiger partial charge in [-0.2, -0.15) is 0 Å². The van der Waals surface area contributed by atoms with E-state index < -0.39 is 17.9 Å². The van der Waals surface area contributed by atoms with E-state index in [0.29, 0.717) is 16.3 Å². The van der Waals surface area contributed by atoms with Gasteiger partial charge in [-0.25, -0.2) is 4.79 Å². The predicted molar refractivity (Wildman–Crippen MR) is 103 cm³/mol. The van der Waals surface area contributed by atoms with Gasteiger partial charge in [-0.1, -0.05) is 24.3 Å². The summed E-state index contributed by atoms with van der Waals surface area (Å²) in [7, 11) is 2.65. The van der Waals surface area contributed by atoms with Gasteiger partial charge in [0.2, 0.25) is 0 Å². The lowest BCUT2D eigenvalue weighted by Crippen LogP contribution is -2.30. The summed E-state index contributed by atoms with van der Waals surface area (Å²) in [4.78, 5) is 36.1. The summed E-state index contributed by atoms with van der Waals surface area (Å²) in [6, 6.07) is 12.6. The molecule has 0 atom stereocenters. The number of fused-ring (bicyclic) bond motifs is 1. The molecule has 0 fully saturated rings. The molecule has 3 amide bonds. The van der Waals surface area contributed by atoms with Gasteiger partial charge in [0, 0.05) is 0 Å². The molecule has 0 saturated heterocycles. The van der Waals surface area contributed by atoms with Crippen LogP contribution in [0.3, 0.4) is 0 Å². The highest BCUT2D eigenvalue weighted by Gasteiger charge is 2.20. The number of ether oxygens (including phenoxy) is 2. The van der Waals surface area contributed by atoms with Crippen LogP contribution in [0.2, 0.25) is 0 Å². The van der Waals surface area contributed by atoms with Crippen molar-refractivity contribution in [3.05, 3.63) is 59.0 Å². The van der Waals surface area contributed by atoms with Crippen LogP contribution in [0.5, 0.6) is 5.75 Å². The molecule has 0 radical (unpaired) electrons. The molecular weight excluding hydrogens is 368 g/mol. The molecule has 7 nitrogen and oxygen atoms in total. The van der Waals surface area contributed by atoms with Gasteiger partial charge < -0.3 is 14.8 Å². The largest absolute Gasteiger partial charge is 0.496 e. The van der Waals surface area contributed by atoms with Crippen molar-refractivity contribution in [2.45, 2.75) is 0 Å². The Morgan fingerprint density at radius 1 is 0.926 bits per heavy atom. The number of benzene rings is 2. The molecule has 138 valence electrons. The average molecular weight is 384 g/mol. The van der Waals surface area contributed by atoms with Crippen molar-refractivity contribution < 1.29 is 23.9 Å². The topological polar surface area (TPSA) is 93.7 Å². The van der Waals surface area contributed by atoms with E-state index in [4.69, 9.17) is 4.74 Å². The number of anilines is 1. The van der Waals surface area contributed by atoms with Crippen molar-refractivity contribution in [2.24, 2.45) is 0 Å². The number of imide groups is 1. The first-order chi connectivity index (χ1) is 13.0. The zero-order chi connectivity index (χ0) is 19.4. The molecular formula is C19H16N2O5S. The Kier molecular flexibility index (Phi) is 5.37.